The first-order chi connectivity index (χ1) is 14.4. The number of hydrogen-bond acceptors (Lipinski definition) is 5. The third-order valence-corrected chi connectivity index (χ3v) is 6.19. The van der Waals surface area contributed by atoms with E-state index >= 15 is 0 Å². The molecule has 1 aromatic heterocycles. The molecule has 0 spiro atoms. The van der Waals surface area contributed by atoms with Crippen molar-refractivity contribution < 1.29 is 22.4 Å². The molecule has 1 N–H and O–H groups in total. The number of anilines is 1. The Balaban J connectivity index is 1.81. The summed E-state index contributed by atoms with van der Waals surface area (Å²) in [4.78, 5) is 12.6. The molecule has 0 saturated heterocycles. The van der Waals surface area contributed by atoms with E-state index in [0.717, 1.165) is 4.31 Å². The lowest BCUT2D eigenvalue weighted by Gasteiger charge is -2.21. The third-order valence-electron chi connectivity index (χ3n) is 4.13. The maximum Gasteiger partial charge on any atom is 0.243 e. The molecule has 9 heteroatoms. The predicted molar refractivity (Wildman–Crippen MR) is 114 cm³/mol. The highest BCUT2D eigenvalue weighted by Gasteiger charge is 2.28. The first-order valence-electron chi connectivity index (χ1n) is 9.19. The number of nitrogens with zero attached hydrogens (tertiary/aromatic N) is 1. The van der Waals surface area contributed by atoms with Gasteiger partial charge in [-0.2, -0.15) is 4.31 Å². The van der Waals surface area contributed by atoms with Crippen molar-refractivity contribution in [1.29, 1.82) is 0 Å². The predicted octanol–water partition coefficient (Wildman–Crippen LogP) is 4.16. The average Bonchev–Trinajstić information content (AvgIpc) is 3.23. The largest absolute Gasteiger partial charge is 0.494 e. The second-order valence-corrected chi connectivity index (χ2v) is 8.69. The molecular formula is C21H21ClN2O5S. The zero-order chi connectivity index (χ0) is 21.6. The number of benzene rings is 2. The molecule has 0 aliphatic carbocycles. The van der Waals surface area contributed by atoms with E-state index in [1.165, 1.54) is 18.4 Å². The van der Waals surface area contributed by atoms with Crippen molar-refractivity contribution in [2.45, 2.75) is 18.4 Å². The van der Waals surface area contributed by atoms with E-state index in [1.54, 1.807) is 48.5 Å². The lowest BCUT2D eigenvalue weighted by molar-refractivity contribution is -0.116. The van der Waals surface area contributed by atoms with Gasteiger partial charge in [0.2, 0.25) is 15.9 Å². The maximum absolute atomic E-state index is 13.2. The number of carbonyl (C=O) groups is 1. The number of carbonyl (C=O) groups excluding carboxylic acids is 1. The Morgan fingerprint density at radius 2 is 1.80 bits per heavy atom. The summed E-state index contributed by atoms with van der Waals surface area (Å²) >= 11 is 5.85. The van der Waals surface area contributed by atoms with Crippen LogP contribution in [0.5, 0.6) is 5.75 Å². The zero-order valence-corrected chi connectivity index (χ0v) is 17.8. The second kappa shape index (κ2) is 9.80. The summed E-state index contributed by atoms with van der Waals surface area (Å²) in [5.74, 6) is 0.497. The van der Waals surface area contributed by atoms with Crippen molar-refractivity contribution in [3.05, 3.63) is 77.7 Å². The van der Waals surface area contributed by atoms with Crippen LogP contribution in [0.15, 0.2) is 76.2 Å². The van der Waals surface area contributed by atoms with Crippen molar-refractivity contribution in [2.24, 2.45) is 0 Å². The van der Waals surface area contributed by atoms with Gasteiger partial charge in [0.1, 0.15) is 11.5 Å². The highest BCUT2D eigenvalue weighted by atomic mass is 35.5. The lowest BCUT2D eigenvalue weighted by atomic mass is 10.3. The van der Waals surface area contributed by atoms with Gasteiger partial charge in [0.05, 0.1) is 30.9 Å². The summed E-state index contributed by atoms with van der Waals surface area (Å²) in [7, 11) is -3.97. The standard InChI is InChI=1S/C21H21ClN2O5S/c1-2-28-18-9-11-20(12-10-18)30(26,27)24(14-19-4-3-13-29-19)15-21(25)23-17-7-5-16(22)6-8-17/h3-13H,2,14-15H2,1H3,(H,23,25). The molecule has 7 nitrogen and oxygen atoms in total. The molecule has 30 heavy (non-hydrogen) atoms. The Bertz CT molecular complexity index is 1070. The molecule has 3 rings (SSSR count). The van der Waals surface area contributed by atoms with Crippen LogP contribution in [-0.4, -0.2) is 31.8 Å². The zero-order valence-electron chi connectivity index (χ0n) is 16.2. The number of nitrogens with one attached hydrogen (secondary N) is 1. The van der Waals surface area contributed by atoms with Gasteiger partial charge in [-0.1, -0.05) is 11.6 Å². The SMILES string of the molecule is CCOc1ccc(S(=O)(=O)N(CC(=O)Nc2ccc(Cl)cc2)Cc2ccco2)cc1. The van der Waals surface area contributed by atoms with E-state index in [-0.39, 0.29) is 11.4 Å². The van der Waals surface area contributed by atoms with Crippen LogP contribution in [-0.2, 0) is 21.4 Å². The molecule has 0 saturated carbocycles. The van der Waals surface area contributed by atoms with Gasteiger partial charge in [-0.05, 0) is 67.6 Å². The van der Waals surface area contributed by atoms with Gasteiger partial charge >= 0.3 is 0 Å². The van der Waals surface area contributed by atoms with Crippen LogP contribution in [0.2, 0.25) is 5.02 Å². The fourth-order valence-corrected chi connectivity index (χ4v) is 4.21. The number of ether oxygens (including phenoxy) is 1. The third kappa shape index (κ3) is 5.63. The highest BCUT2D eigenvalue weighted by molar-refractivity contribution is 7.89. The summed E-state index contributed by atoms with van der Waals surface area (Å²) in [6.07, 6.45) is 1.45. The van der Waals surface area contributed by atoms with Crippen LogP contribution in [0.25, 0.3) is 0 Å². The van der Waals surface area contributed by atoms with Crippen LogP contribution in [0, 0.1) is 0 Å². The summed E-state index contributed by atoms with van der Waals surface area (Å²) in [5, 5.41) is 3.21. The number of halogens is 1. The van der Waals surface area contributed by atoms with E-state index in [9.17, 15) is 13.2 Å². The van der Waals surface area contributed by atoms with Crippen molar-refractivity contribution >= 4 is 33.2 Å². The van der Waals surface area contributed by atoms with Gasteiger partial charge in [-0.3, -0.25) is 4.79 Å². The molecule has 0 fully saturated rings. The van der Waals surface area contributed by atoms with Crippen molar-refractivity contribution in [2.75, 3.05) is 18.5 Å². The van der Waals surface area contributed by atoms with Crippen LogP contribution in [0.4, 0.5) is 5.69 Å². The minimum atomic E-state index is -3.97. The molecule has 0 atom stereocenters. The average molecular weight is 449 g/mol. The van der Waals surface area contributed by atoms with Crippen molar-refractivity contribution in [3.8, 4) is 5.75 Å². The number of sulfonamides is 1. The molecule has 1 amide bonds. The Morgan fingerprint density at radius 1 is 1.10 bits per heavy atom. The van der Waals surface area contributed by atoms with Gasteiger partial charge in [0.25, 0.3) is 0 Å². The first-order valence-corrected chi connectivity index (χ1v) is 11.0. The van der Waals surface area contributed by atoms with E-state index < -0.39 is 22.5 Å². The van der Waals surface area contributed by atoms with Crippen LogP contribution < -0.4 is 10.1 Å². The topological polar surface area (TPSA) is 88.9 Å². The second-order valence-electron chi connectivity index (χ2n) is 6.31. The number of rotatable bonds is 9. The number of hydrogen-bond donors (Lipinski definition) is 1. The highest BCUT2D eigenvalue weighted by Crippen LogP contribution is 2.22. The van der Waals surface area contributed by atoms with E-state index in [0.29, 0.717) is 28.8 Å². The molecule has 0 bridgehead atoms. The normalized spacial score (nSPS) is 11.4. The van der Waals surface area contributed by atoms with Crippen molar-refractivity contribution in [1.82, 2.24) is 4.31 Å². The van der Waals surface area contributed by atoms with Gasteiger partial charge in [-0.25, -0.2) is 8.42 Å². The van der Waals surface area contributed by atoms with Crippen molar-refractivity contribution in [3.63, 3.8) is 0 Å². The quantitative estimate of drug-likeness (QED) is 0.531. The van der Waals surface area contributed by atoms with Crippen LogP contribution >= 0.6 is 11.6 Å². The molecular weight excluding hydrogens is 428 g/mol. The van der Waals surface area contributed by atoms with Gasteiger partial charge in [0.15, 0.2) is 0 Å². The molecule has 0 radical (unpaired) electrons. The number of amides is 1. The molecule has 0 unspecified atom stereocenters. The molecule has 0 aliphatic heterocycles. The van der Waals surface area contributed by atoms with Crippen LogP contribution in [0.1, 0.15) is 12.7 Å². The van der Waals surface area contributed by atoms with E-state index in [4.69, 9.17) is 20.8 Å². The molecule has 2 aromatic carbocycles. The molecule has 3 aromatic rings. The Kier molecular flexibility index (Phi) is 7.15. The molecule has 1 heterocycles. The van der Waals surface area contributed by atoms with Gasteiger partial charge in [0, 0.05) is 10.7 Å². The minimum Gasteiger partial charge on any atom is -0.494 e. The summed E-state index contributed by atoms with van der Waals surface area (Å²) in [5.41, 5.74) is 0.515. The van der Waals surface area contributed by atoms with Gasteiger partial charge < -0.3 is 14.5 Å². The Morgan fingerprint density at radius 3 is 2.40 bits per heavy atom. The summed E-state index contributed by atoms with van der Waals surface area (Å²) in [6.45, 7) is 1.84. The summed E-state index contributed by atoms with van der Waals surface area (Å²) in [6, 6.07) is 15.9. The van der Waals surface area contributed by atoms with E-state index in [2.05, 4.69) is 5.32 Å². The monoisotopic (exact) mass is 448 g/mol. The minimum absolute atomic E-state index is 0.0526. The molecule has 158 valence electrons. The van der Waals surface area contributed by atoms with Crippen LogP contribution in [0.3, 0.4) is 0 Å². The maximum atomic E-state index is 13.2. The lowest BCUT2D eigenvalue weighted by Crippen LogP contribution is -2.37. The van der Waals surface area contributed by atoms with E-state index in [1.807, 2.05) is 6.92 Å². The fourth-order valence-electron chi connectivity index (χ4n) is 2.72. The Hall–Kier alpha value is -2.81. The summed E-state index contributed by atoms with van der Waals surface area (Å²) < 4.78 is 38.1. The number of furan rings is 1. The Labute approximate surface area is 180 Å². The first kappa shape index (κ1) is 21.9. The van der Waals surface area contributed by atoms with Gasteiger partial charge in [-0.15, -0.1) is 0 Å². The fraction of sp³-hybridized carbons (Fsp3) is 0.190. The smallest absolute Gasteiger partial charge is 0.243 e. The molecule has 0 aliphatic rings.